The summed E-state index contributed by atoms with van der Waals surface area (Å²) in [4.78, 5) is 53.3. The first kappa shape index (κ1) is 38.5. The average Bonchev–Trinajstić information content (AvgIpc) is 3.12. The van der Waals surface area contributed by atoms with Crippen molar-refractivity contribution < 1.29 is 105 Å². The van der Waals surface area contributed by atoms with Gasteiger partial charge in [0.1, 0.15) is 18.3 Å². The van der Waals surface area contributed by atoms with Crippen molar-refractivity contribution in [2.45, 2.75) is 36.9 Å². The van der Waals surface area contributed by atoms with E-state index in [4.69, 9.17) is 18.9 Å². The standard InChI is InChI=1S/C34H28O21/c35-14-1-10(2-15(36)24(14)43)31(48)52-22-9-23(53-32(49)11-3-16(37)25(44)17(38)4-11)29(54-33(50)12-5-18(39)26(45)19(40)6-12)30(28(22)47)55-34(51)13-7-20(41)27(46)21(42)8-13/h1-8,22-23,28-30,35-47H,9H2/t22-,23-,28-,29+,30+/m0/s1. The molecule has 4 aromatic carbocycles. The fourth-order valence-corrected chi connectivity index (χ4v) is 5.32. The van der Waals surface area contributed by atoms with E-state index in [0.717, 1.165) is 0 Å². The molecule has 5 rings (SSSR count). The maximum absolute atomic E-state index is 13.4. The van der Waals surface area contributed by atoms with E-state index < -0.39 is 152 Å². The van der Waals surface area contributed by atoms with Crippen LogP contribution in [0.15, 0.2) is 48.5 Å². The molecule has 0 aromatic heterocycles. The summed E-state index contributed by atoms with van der Waals surface area (Å²) in [7, 11) is 0. The zero-order valence-corrected chi connectivity index (χ0v) is 27.3. The van der Waals surface area contributed by atoms with E-state index in [0.29, 0.717) is 48.5 Å². The van der Waals surface area contributed by atoms with E-state index in [2.05, 4.69) is 0 Å². The van der Waals surface area contributed by atoms with Crippen LogP contribution >= 0.6 is 0 Å². The molecule has 0 heterocycles. The van der Waals surface area contributed by atoms with Gasteiger partial charge in [0.25, 0.3) is 0 Å². The number of aliphatic hydroxyl groups is 1. The number of aromatic hydroxyl groups is 12. The molecule has 0 radical (unpaired) electrons. The highest BCUT2D eigenvalue weighted by Crippen LogP contribution is 2.41. The monoisotopic (exact) mass is 772 g/mol. The SMILES string of the molecule is O=C(O[C@@H]1[C@@H](O)[C@@H](OC(=O)c2cc(O)c(O)c(O)c2)C[C@H](OC(=O)c2cc(O)c(O)c(O)c2)[C@H]1OC(=O)c1cc(O)c(O)c(O)c1)c1cc(O)c(O)c(O)c1. The summed E-state index contributed by atoms with van der Waals surface area (Å²) in [5, 5.41) is 130. The Morgan fingerprint density at radius 3 is 0.909 bits per heavy atom. The van der Waals surface area contributed by atoms with Crippen LogP contribution in [0.5, 0.6) is 69.0 Å². The largest absolute Gasteiger partial charge is 0.504 e. The molecule has 0 bridgehead atoms. The minimum Gasteiger partial charge on any atom is -0.504 e. The molecule has 1 saturated carbocycles. The summed E-state index contributed by atoms with van der Waals surface area (Å²) < 4.78 is 21.6. The molecule has 21 heteroatoms. The van der Waals surface area contributed by atoms with E-state index in [1.165, 1.54) is 0 Å². The Kier molecular flexibility index (Phi) is 10.3. The van der Waals surface area contributed by atoms with Crippen molar-refractivity contribution in [1.29, 1.82) is 0 Å². The van der Waals surface area contributed by atoms with Gasteiger partial charge in [0.15, 0.2) is 81.2 Å². The number of hydrogen-bond donors (Lipinski definition) is 13. The lowest BCUT2D eigenvalue weighted by Gasteiger charge is -2.42. The molecule has 0 saturated heterocycles. The Morgan fingerprint density at radius 2 is 0.618 bits per heavy atom. The number of hydrogen-bond acceptors (Lipinski definition) is 21. The molecule has 0 aliphatic heterocycles. The molecule has 21 nitrogen and oxygen atoms in total. The highest BCUT2D eigenvalue weighted by atomic mass is 16.6. The third-order valence-corrected chi connectivity index (χ3v) is 8.10. The molecule has 55 heavy (non-hydrogen) atoms. The van der Waals surface area contributed by atoms with Gasteiger partial charge in [-0.15, -0.1) is 0 Å². The van der Waals surface area contributed by atoms with Crippen molar-refractivity contribution in [3.63, 3.8) is 0 Å². The van der Waals surface area contributed by atoms with E-state index in [9.17, 15) is 85.6 Å². The zero-order valence-electron chi connectivity index (χ0n) is 27.3. The smallest absolute Gasteiger partial charge is 0.338 e. The van der Waals surface area contributed by atoms with Crippen LogP contribution in [0.25, 0.3) is 0 Å². The molecule has 0 unspecified atom stereocenters. The predicted octanol–water partition coefficient (Wildman–Crippen LogP) is 1.12. The van der Waals surface area contributed by atoms with E-state index >= 15 is 0 Å². The summed E-state index contributed by atoms with van der Waals surface area (Å²) in [6.07, 6.45) is -11.5. The average molecular weight is 773 g/mol. The van der Waals surface area contributed by atoms with Gasteiger partial charge in [-0.1, -0.05) is 0 Å². The molecule has 13 N–H and O–H groups in total. The van der Waals surface area contributed by atoms with Crippen LogP contribution in [0.3, 0.4) is 0 Å². The second kappa shape index (κ2) is 14.7. The first-order chi connectivity index (χ1) is 25.8. The molecular formula is C34H28O21. The molecule has 1 aliphatic carbocycles. The molecule has 5 atom stereocenters. The number of phenols is 12. The number of rotatable bonds is 8. The van der Waals surface area contributed by atoms with Crippen LogP contribution in [0, 0.1) is 0 Å². The van der Waals surface area contributed by atoms with Gasteiger partial charge in [-0.2, -0.15) is 0 Å². The van der Waals surface area contributed by atoms with E-state index in [1.807, 2.05) is 0 Å². The Labute approximate surface area is 305 Å². The van der Waals surface area contributed by atoms with Gasteiger partial charge in [0, 0.05) is 6.42 Å². The molecule has 290 valence electrons. The minimum atomic E-state index is -2.29. The Bertz CT molecular complexity index is 2120. The van der Waals surface area contributed by atoms with Crippen LogP contribution < -0.4 is 0 Å². The van der Waals surface area contributed by atoms with Gasteiger partial charge in [0.2, 0.25) is 0 Å². The number of benzene rings is 4. The summed E-state index contributed by atoms with van der Waals surface area (Å²) in [5.74, 6) is -18.1. The van der Waals surface area contributed by atoms with Crippen molar-refractivity contribution in [3.05, 3.63) is 70.8 Å². The van der Waals surface area contributed by atoms with Gasteiger partial charge in [-0.05, 0) is 48.5 Å². The minimum absolute atomic E-state index is 0.609. The van der Waals surface area contributed by atoms with E-state index in [1.54, 1.807) is 0 Å². The van der Waals surface area contributed by atoms with Crippen molar-refractivity contribution in [3.8, 4) is 69.0 Å². The normalized spacial score (nSPS) is 19.2. The van der Waals surface area contributed by atoms with Gasteiger partial charge in [-0.3, -0.25) is 0 Å². The van der Waals surface area contributed by atoms with Crippen LogP contribution in [0.2, 0.25) is 0 Å². The Morgan fingerprint density at radius 1 is 0.382 bits per heavy atom. The lowest BCUT2D eigenvalue weighted by molar-refractivity contribution is -0.181. The van der Waals surface area contributed by atoms with Crippen LogP contribution in [0.1, 0.15) is 47.9 Å². The molecule has 0 amide bonds. The summed E-state index contributed by atoms with van der Waals surface area (Å²) >= 11 is 0. The van der Waals surface area contributed by atoms with Crippen molar-refractivity contribution in [2.24, 2.45) is 0 Å². The number of ether oxygens (including phenoxy) is 4. The van der Waals surface area contributed by atoms with E-state index in [-0.39, 0.29) is 0 Å². The number of aliphatic hydroxyl groups excluding tert-OH is 1. The Balaban J connectivity index is 1.59. The third-order valence-electron chi connectivity index (χ3n) is 8.10. The first-order valence-electron chi connectivity index (χ1n) is 15.3. The van der Waals surface area contributed by atoms with Gasteiger partial charge < -0.3 is 85.3 Å². The predicted molar refractivity (Wildman–Crippen MR) is 173 cm³/mol. The molecule has 4 aromatic rings. The highest BCUT2D eigenvalue weighted by molar-refractivity contribution is 5.94. The van der Waals surface area contributed by atoms with Crippen molar-refractivity contribution in [1.82, 2.24) is 0 Å². The lowest BCUT2D eigenvalue weighted by atomic mass is 9.86. The number of esters is 4. The summed E-state index contributed by atoms with van der Waals surface area (Å²) in [6.45, 7) is 0. The van der Waals surface area contributed by atoms with Gasteiger partial charge in [-0.25, -0.2) is 19.2 Å². The number of carbonyl (C=O) groups is 4. The second-order valence-corrected chi connectivity index (χ2v) is 11.8. The molecule has 0 spiro atoms. The van der Waals surface area contributed by atoms with Crippen LogP contribution in [-0.2, 0) is 18.9 Å². The topological polar surface area (TPSA) is 368 Å². The molecule has 1 fully saturated rings. The van der Waals surface area contributed by atoms with Gasteiger partial charge in [0.05, 0.1) is 22.3 Å². The molecular weight excluding hydrogens is 744 g/mol. The quantitative estimate of drug-likeness (QED) is 0.0677. The first-order valence-corrected chi connectivity index (χ1v) is 15.3. The summed E-state index contributed by atoms with van der Waals surface area (Å²) in [6, 6.07) is 5.05. The number of phenolic OH excluding ortho intramolecular Hbond substituents is 12. The van der Waals surface area contributed by atoms with Crippen molar-refractivity contribution in [2.75, 3.05) is 0 Å². The van der Waals surface area contributed by atoms with Crippen LogP contribution in [-0.4, -0.2) is 121 Å². The fraction of sp³-hybridized carbons (Fsp3) is 0.176. The maximum atomic E-state index is 13.4. The second-order valence-electron chi connectivity index (χ2n) is 11.8. The van der Waals surface area contributed by atoms with Gasteiger partial charge >= 0.3 is 23.9 Å². The molecule has 1 aliphatic rings. The lowest BCUT2D eigenvalue weighted by Crippen LogP contribution is -2.60. The van der Waals surface area contributed by atoms with Crippen molar-refractivity contribution >= 4 is 23.9 Å². The summed E-state index contributed by atoms with van der Waals surface area (Å²) in [5.41, 5.74) is -2.65. The fourth-order valence-electron chi connectivity index (χ4n) is 5.32. The highest BCUT2D eigenvalue weighted by Gasteiger charge is 2.52. The van der Waals surface area contributed by atoms with Crippen LogP contribution in [0.4, 0.5) is 0 Å². The maximum Gasteiger partial charge on any atom is 0.338 e. The zero-order chi connectivity index (χ0) is 40.6. The third kappa shape index (κ3) is 7.75. The Hall–Kier alpha value is -7.68. The number of carbonyl (C=O) groups excluding carboxylic acids is 4.